The molecular weight excluding hydrogens is 330 g/mol. The molecule has 0 aliphatic carbocycles. The zero-order valence-electron chi connectivity index (χ0n) is 15.8. The largest absolute Gasteiger partial charge is 0.497 e. The van der Waals surface area contributed by atoms with Gasteiger partial charge in [-0.1, -0.05) is 18.2 Å². The zero-order valence-corrected chi connectivity index (χ0v) is 15.8. The van der Waals surface area contributed by atoms with Gasteiger partial charge in [0.1, 0.15) is 17.2 Å². The summed E-state index contributed by atoms with van der Waals surface area (Å²) < 4.78 is 16.4. The fraction of sp³-hybridized carbons (Fsp3) is 0.350. The summed E-state index contributed by atoms with van der Waals surface area (Å²) in [5.74, 6) is 2.65. The number of guanidine groups is 1. The van der Waals surface area contributed by atoms with E-state index in [2.05, 4.69) is 10.3 Å². The monoisotopic (exact) mass is 357 g/mol. The topological polar surface area (TPSA) is 78.1 Å². The second-order valence-electron chi connectivity index (χ2n) is 5.88. The summed E-state index contributed by atoms with van der Waals surface area (Å²) in [5.41, 5.74) is 8.95. The third-order valence-corrected chi connectivity index (χ3v) is 3.91. The number of rotatable bonds is 8. The predicted molar refractivity (Wildman–Crippen MR) is 106 cm³/mol. The predicted octanol–water partition coefficient (Wildman–Crippen LogP) is 3.52. The highest BCUT2D eigenvalue weighted by molar-refractivity contribution is 5.94. The number of hydrogen-bond donors (Lipinski definition) is 2. The van der Waals surface area contributed by atoms with E-state index in [1.54, 1.807) is 14.2 Å². The van der Waals surface area contributed by atoms with Gasteiger partial charge in [-0.2, -0.15) is 0 Å². The Bertz CT molecular complexity index is 740. The Morgan fingerprint density at radius 3 is 2.46 bits per heavy atom. The SMILES string of the molecule is COc1ccc(OC)c(NC(N)=NCCCOc2c(C)cccc2C)c1. The number of nitrogens with two attached hydrogens (primary N) is 1. The summed E-state index contributed by atoms with van der Waals surface area (Å²) >= 11 is 0. The minimum Gasteiger partial charge on any atom is -0.497 e. The van der Waals surface area contributed by atoms with Crippen molar-refractivity contribution in [3.63, 3.8) is 0 Å². The van der Waals surface area contributed by atoms with Crippen LogP contribution in [0.2, 0.25) is 0 Å². The molecule has 26 heavy (non-hydrogen) atoms. The molecule has 0 heterocycles. The maximum atomic E-state index is 5.96. The van der Waals surface area contributed by atoms with E-state index in [9.17, 15) is 0 Å². The Balaban J connectivity index is 1.85. The van der Waals surface area contributed by atoms with Crippen molar-refractivity contribution in [1.29, 1.82) is 0 Å². The van der Waals surface area contributed by atoms with Crippen LogP contribution in [0, 0.1) is 13.8 Å². The number of methoxy groups -OCH3 is 2. The molecule has 0 saturated carbocycles. The molecule has 0 aliphatic rings. The van der Waals surface area contributed by atoms with Crippen LogP contribution < -0.4 is 25.3 Å². The maximum absolute atomic E-state index is 5.96. The summed E-state index contributed by atoms with van der Waals surface area (Å²) in [7, 11) is 3.21. The van der Waals surface area contributed by atoms with Gasteiger partial charge in [-0.25, -0.2) is 0 Å². The summed E-state index contributed by atoms with van der Waals surface area (Å²) in [6, 6.07) is 11.6. The smallest absolute Gasteiger partial charge is 0.193 e. The van der Waals surface area contributed by atoms with Crippen LogP contribution in [0.4, 0.5) is 5.69 Å². The van der Waals surface area contributed by atoms with Gasteiger partial charge in [-0.3, -0.25) is 4.99 Å². The van der Waals surface area contributed by atoms with Crippen molar-refractivity contribution in [3.05, 3.63) is 47.5 Å². The lowest BCUT2D eigenvalue weighted by atomic mass is 10.1. The van der Waals surface area contributed by atoms with Gasteiger partial charge in [0.15, 0.2) is 5.96 Å². The molecule has 0 unspecified atom stereocenters. The fourth-order valence-electron chi connectivity index (χ4n) is 2.55. The third-order valence-electron chi connectivity index (χ3n) is 3.91. The first-order valence-corrected chi connectivity index (χ1v) is 8.53. The second kappa shape index (κ2) is 9.56. The summed E-state index contributed by atoms with van der Waals surface area (Å²) in [4.78, 5) is 4.33. The maximum Gasteiger partial charge on any atom is 0.193 e. The van der Waals surface area contributed by atoms with E-state index in [4.69, 9.17) is 19.9 Å². The minimum atomic E-state index is 0.323. The molecule has 0 saturated heterocycles. The molecule has 3 N–H and O–H groups in total. The lowest BCUT2D eigenvalue weighted by Gasteiger charge is -2.12. The van der Waals surface area contributed by atoms with Gasteiger partial charge in [0.25, 0.3) is 0 Å². The summed E-state index contributed by atoms with van der Waals surface area (Å²) in [6.45, 7) is 5.24. The van der Waals surface area contributed by atoms with E-state index in [1.165, 1.54) is 0 Å². The molecule has 0 radical (unpaired) electrons. The standard InChI is InChI=1S/C20H27N3O3/c1-14-7-5-8-15(2)19(14)26-12-6-11-22-20(21)23-17-13-16(24-3)9-10-18(17)25-4/h5,7-10,13H,6,11-12H2,1-4H3,(H3,21,22,23). The number of hydrogen-bond acceptors (Lipinski definition) is 4. The third kappa shape index (κ3) is 5.31. The first-order chi connectivity index (χ1) is 12.5. The number of para-hydroxylation sites is 1. The van der Waals surface area contributed by atoms with Crippen LogP contribution in [0.25, 0.3) is 0 Å². The van der Waals surface area contributed by atoms with Crippen molar-refractivity contribution >= 4 is 11.6 Å². The lowest BCUT2D eigenvalue weighted by molar-refractivity contribution is 0.309. The molecule has 0 atom stereocenters. The van der Waals surface area contributed by atoms with Gasteiger partial charge in [0.2, 0.25) is 0 Å². The van der Waals surface area contributed by atoms with Crippen molar-refractivity contribution in [2.24, 2.45) is 10.7 Å². The second-order valence-corrected chi connectivity index (χ2v) is 5.88. The highest BCUT2D eigenvalue weighted by Crippen LogP contribution is 2.28. The molecule has 2 aromatic carbocycles. The number of benzene rings is 2. The average molecular weight is 357 g/mol. The van der Waals surface area contributed by atoms with Crippen molar-refractivity contribution in [3.8, 4) is 17.2 Å². The molecule has 0 fully saturated rings. The quantitative estimate of drug-likeness (QED) is 0.429. The Morgan fingerprint density at radius 1 is 1.08 bits per heavy atom. The van der Waals surface area contributed by atoms with Gasteiger partial charge in [0.05, 0.1) is 26.5 Å². The lowest BCUT2D eigenvalue weighted by Crippen LogP contribution is -2.23. The van der Waals surface area contributed by atoms with Crippen molar-refractivity contribution in [2.45, 2.75) is 20.3 Å². The van der Waals surface area contributed by atoms with Gasteiger partial charge in [-0.15, -0.1) is 0 Å². The first-order valence-electron chi connectivity index (χ1n) is 8.53. The molecule has 6 heteroatoms. The van der Waals surface area contributed by atoms with Crippen LogP contribution in [0.15, 0.2) is 41.4 Å². The number of aryl methyl sites for hydroxylation is 2. The molecule has 0 spiro atoms. The van der Waals surface area contributed by atoms with Crippen LogP contribution in [-0.4, -0.2) is 33.3 Å². The molecule has 2 rings (SSSR count). The molecular formula is C20H27N3O3. The van der Waals surface area contributed by atoms with Crippen LogP contribution in [0.1, 0.15) is 17.5 Å². The average Bonchev–Trinajstić information content (AvgIpc) is 2.63. The molecule has 0 aromatic heterocycles. The van der Waals surface area contributed by atoms with Gasteiger partial charge in [0, 0.05) is 19.0 Å². The Labute approximate surface area is 155 Å². The van der Waals surface area contributed by atoms with Gasteiger partial charge >= 0.3 is 0 Å². The summed E-state index contributed by atoms with van der Waals surface area (Å²) in [5, 5.41) is 3.04. The molecule has 0 amide bonds. The highest BCUT2D eigenvalue weighted by Gasteiger charge is 2.06. The molecule has 140 valence electrons. The molecule has 6 nitrogen and oxygen atoms in total. The Kier molecular flexibility index (Phi) is 7.14. The number of ether oxygens (including phenoxy) is 3. The van der Waals surface area contributed by atoms with E-state index in [1.807, 2.05) is 50.2 Å². The van der Waals surface area contributed by atoms with Crippen LogP contribution >= 0.6 is 0 Å². The van der Waals surface area contributed by atoms with E-state index >= 15 is 0 Å². The van der Waals surface area contributed by atoms with E-state index in [-0.39, 0.29) is 0 Å². The van der Waals surface area contributed by atoms with E-state index in [0.717, 1.165) is 23.3 Å². The highest BCUT2D eigenvalue weighted by atomic mass is 16.5. The van der Waals surface area contributed by atoms with E-state index < -0.39 is 0 Å². The van der Waals surface area contributed by atoms with Crippen molar-refractivity contribution in [1.82, 2.24) is 0 Å². The zero-order chi connectivity index (χ0) is 18.9. The van der Waals surface area contributed by atoms with Crippen LogP contribution in [0.3, 0.4) is 0 Å². The molecule has 0 aliphatic heterocycles. The van der Waals surface area contributed by atoms with Gasteiger partial charge < -0.3 is 25.3 Å². The number of aliphatic imine (C=N–C) groups is 1. The summed E-state index contributed by atoms with van der Waals surface area (Å²) in [6.07, 6.45) is 0.769. The Hall–Kier alpha value is -2.89. The minimum absolute atomic E-state index is 0.323. The number of anilines is 1. The van der Waals surface area contributed by atoms with Crippen LogP contribution in [0.5, 0.6) is 17.2 Å². The Morgan fingerprint density at radius 2 is 1.81 bits per heavy atom. The normalized spacial score (nSPS) is 11.2. The number of nitrogens with zero attached hydrogens (tertiary/aromatic N) is 1. The first kappa shape index (κ1) is 19.4. The van der Waals surface area contributed by atoms with Crippen molar-refractivity contribution < 1.29 is 14.2 Å². The molecule has 2 aromatic rings. The van der Waals surface area contributed by atoms with Crippen LogP contribution in [-0.2, 0) is 0 Å². The van der Waals surface area contributed by atoms with E-state index in [0.29, 0.717) is 36.3 Å². The molecule has 0 bridgehead atoms. The fourth-order valence-corrected chi connectivity index (χ4v) is 2.55. The van der Waals surface area contributed by atoms with Crippen molar-refractivity contribution in [2.75, 3.05) is 32.7 Å². The van der Waals surface area contributed by atoms with Gasteiger partial charge in [-0.05, 0) is 37.1 Å². The number of nitrogens with one attached hydrogen (secondary N) is 1.